The summed E-state index contributed by atoms with van der Waals surface area (Å²) in [5, 5.41) is 4.93. The minimum atomic E-state index is -4.60. The number of nitrogens with zero attached hydrogens (tertiary/aromatic N) is 1. The van der Waals surface area contributed by atoms with E-state index in [1.807, 2.05) is 30.3 Å². The molecule has 29 heavy (non-hydrogen) atoms. The van der Waals surface area contributed by atoms with Gasteiger partial charge in [0.05, 0.1) is 10.6 Å². The summed E-state index contributed by atoms with van der Waals surface area (Å²) in [6.45, 7) is 0.199. The number of amides is 2. The van der Waals surface area contributed by atoms with Crippen molar-refractivity contribution in [2.45, 2.75) is 12.7 Å². The maximum Gasteiger partial charge on any atom is 0.417 e. The van der Waals surface area contributed by atoms with E-state index in [2.05, 4.69) is 15.6 Å². The molecule has 4 nitrogen and oxygen atoms in total. The standard InChI is InChI=1S/C20H14Cl2F3N3O/c21-17-7-6-15(9-16(17)20(23,24)25)28-19(29)27-10-12-1-3-13(4-2-12)14-5-8-18(22)26-11-14/h1-9,11H,10H2,(H2,27,28,29). The van der Waals surface area contributed by atoms with E-state index in [4.69, 9.17) is 23.2 Å². The summed E-state index contributed by atoms with van der Waals surface area (Å²) in [6.07, 6.45) is -2.95. The van der Waals surface area contributed by atoms with Gasteiger partial charge in [-0.1, -0.05) is 47.5 Å². The highest BCUT2D eigenvalue weighted by Crippen LogP contribution is 2.36. The number of benzene rings is 2. The van der Waals surface area contributed by atoms with Crippen molar-refractivity contribution in [1.29, 1.82) is 0 Å². The van der Waals surface area contributed by atoms with Crippen molar-refractivity contribution >= 4 is 34.9 Å². The third-order valence-electron chi connectivity index (χ3n) is 4.00. The van der Waals surface area contributed by atoms with Crippen LogP contribution in [0.3, 0.4) is 0 Å². The lowest BCUT2D eigenvalue weighted by Gasteiger charge is -2.12. The third kappa shape index (κ3) is 5.62. The second-order valence-electron chi connectivity index (χ2n) is 6.07. The van der Waals surface area contributed by atoms with Crippen LogP contribution in [0.25, 0.3) is 11.1 Å². The van der Waals surface area contributed by atoms with E-state index in [9.17, 15) is 18.0 Å². The van der Waals surface area contributed by atoms with Crippen LogP contribution in [0.1, 0.15) is 11.1 Å². The lowest BCUT2D eigenvalue weighted by atomic mass is 10.1. The Hall–Kier alpha value is -2.77. The molecular weight excluding hydrogens is 426 g/mol. The number of hydrogen-bond donors (Lipinski definition) is 2. The van der Waals surface area contributed by atoms with E-state index < -0.39 is 22.8 Å². The number of rotatable bonds is 4. The number of alkyl halides is 3. The van der Waals surface area contributed by atoms with E-state index in [1.54, 1.807) is 12.3 Å². The molecule has 0 fully saturated rings. The van der Waals surface area contributed by atoms with Crippen LogP contribution >= 0.6 is 23.2 Å². The quantitative estimate of drug-likeness (QED) is 0.462. The van der Waals surface area contributed by atoms with Crippen LogP contribution in [0.4, 0.5) is 23.7 Å². The zero-order valence-electron chi connectivity index (χ0n) is 14.7. The Labute approximate surface area is 174 Å². The highest BCUT2D eigenvalue weighted by Gasteiger charge is 2.33. The molecule has 3 rings (SSSR count). The minimum absolute atomic E-state index is 0.00943. The van der Waals surface area contributed by atoms with Gasteiger partial charge >= 0.3 is 12.2 Å². The smallest absolute Gasteiger partial charge is 0.334 e. The van der Waals surface area contributed by atoms with E-state index in [0.717, 1.165) is 28.8 Å². The number of hydrogen-bond acceptors (Lipinski definition) is 2. The average Bonchev–Trinajstić information content (AvgIpc) is 2.68. The number of carbonyl (C=O) groups excluding carboxylic acids is 1. The number of urea groups is 1. The molecule has 1 heterocycles. The Morgan fingerprint density at radius 1 is 0.966 bits per heavy atom. The van der Waals surface area contributed by atoms with Crippen molar-refractivity contribution in [3.63, 3.8) is 0 Å². The Balaban J connectivity index is 1.59. The largest absolute Gasteiger partial charge is 0.417 e. The highest BCUT2D eigenvalue weighted by molar-refractivity contribution is 6.31. The number of pyridine rings is 1. The molecule has 0 saturated carbocycles. The van der Waals surface area contributed by atoms with Crippen molar-refractivity contribution in [3.05, 3.63) is 82.1 Å². The summed E-state index contributed by atoms with van der Waals surface area (Å²) in [7, 11) is 0. The van der Waals surface area contributed by atoms with Gasteiger partial charge in [-0.15, -0.1) is 0 Å². The van der Waals surface area contributed by atoms with Crippen molar-refractivity contribution in [2.75, 3.05) is 5.32 Å². The summed E-state index contributed by atoms with van der Waals surface area (Å²) in [6, 6.07) is 13.5. The predicted octanol–water partition coefficient (Wildman–Crippen LogP) is 6.40. The third-order valence-corrected chi connectivity index (χ3v) is 4.55. The molecule has 0 unspecified atom stereocenters. The van der Waals surface area contributed by atoms with Gasteiger partial charge in [0.25, 0.3) is 0 Å². The fourth-order valence-electron chi connectivity index (χ4n) is 2.54. The van der Waals surface area contributed by atoms with Crippen LogP contribution in [0.5, 0.6) is 0 Å². The van der Waals surface area contributed by atoms with Crippen LogP contribution in [-0.2, 0) is 12.7 Å². The molecule has 0 aliphatic rings. The topological polar surface area (TPSA) is 54.0 Å². The van der Waals surface area contributed by atoms with Gasteiger partial charge in [0.15, 0.2) is 0 Å². The minimum Gasteiger partial charge on any atom is -0.334 e. The van der Waals surface area contributed by atoms with E-state index >= 15 is 0 Å². The predicted molar refractivity (Wildman–Crippen MR) is 107 cm³/mol. The van der Waals surface area contributed by atoms with Crippen LogP contribution < -0.4 is 10.6 Å². The highest BCUT2D eigenvalue weighted by atomic mass is 35.5. The number of carbonyl (C=O) groups is 1. The van der Waals surface area contributed by atoms with Crippen LogP contribution in [-0.4, -0.2) is 11.0 Å². The molecule has 0 atom stereocenters. The first kappa shape index (κ1) is 21.0. The van der Waals surface area contributed by atoms with Gasteiger partial charge in [0, 0.05) is 24.0 Å². The number of halogens is 5. The van der Waals surface area contributed by atoms with Crippen molar-refractivity contribution in [3.8, 4) is 11.1 Å². The van der Waals surface area contributed by atoms with E-state index in [0.29, 0.717) is 5.15 Å². The average molecular weight is 440 g/mol. The van der Waals surface area contributed by atoms with Crippen molar-refractivity contribution in [1.82, 2.24) is 10.3 Å². The Morgan fingerprint density at radius 3 is 2.28 bits per heavy atom. The molecule has 0 spiro atoms. The first-order chi connectivity index (χ1) is 13.7. The van der Waals surface area contributed by atoms with E-state index in [1.165, 1.54) is 6.07 Å². The molecule has 150 valence electrons. The molecule has 0 aliphatic heterocycles. The maximum atomic E-state index is 12.9. The van der Waals surface area contributed by atoms with Gasteiger partial charge in [0.1, 0.15) is 5.15 Å². The van der Waals surface area contributed by atoms with Gasteiger partial charge in [-0.25, -0.2) is 9.78 Å². The Morgan fingerprint density at radius 2 is 1.66 bits per heavy atom. The monoisotopic (exact) mass is 439 g/mol. The summed E-state index contributed by atoms with van der Waals surface area (Å²) >= 11 is 11.3. The summed E-state index contributed by atoms with van der Waals surface area (Å²) in [5.74, 6) is 0. The second-order valence-corrected chi connectivity index (χ2v) is 6.86. The van der Waals surface area contributed by atoms with Crippen LogP contribution in [0, 0.1) is 0 Å². The normalized spacial score (nSPS) is 11.2. The lowest BCUT2D eigenvalue weighted by Crippen LogP contribution is -2.28. The van der Waals surface area contributed by atoms with Crippen LogP contribution in [0.15, 0.2) is 60.8 Å². The molecule has 1 aromatic heterocycles. The molecule has 0 saturated heterocycles. The number of anilines is 1. The molecule has 0 aliphatic carbocycles. The SMILES string of the molecule is O=C(NCc1ccc(-c2ccc(Cl)nc2)cc1)Nc1ccc(Cl)c(C(F)(F)F)c1. The zero-order chi connectivity index (χ0) is 21.0. The van der Waals surface area contributed by atoms with Gasteiger partial charge in [0.2, 0.25) is 0 Å². The molecule has 0 bridgehead atoms. The number of nitrogens with one attached hydrogen (secondary N) is 2. The lowest BCUT2D eigenvalue weighted by molar-refractivity contribution is -0.137. The maximum absolute atomic E-state index is 12.9. The first-order valence-electron chi connectivity index (χ1n) is 8.35. The first-order valence-corrected chi connectivity index (χ1v) is 9.10. The molecule has 2 aromatic carbocycles. The summed E-state index contributed by atoms with van der Waals surface area (Å²) in [4.78, 5) is 16.0. The van der Waals surface area contributed by atoms with Crippen molar-refractivity contribution in [2.24, 2.45) is 0 Å². The molecule has 3 aromatic rings. The molecule has 9 heteroatoms. The fourth-order valence-corrected chi connectivity index (χ4v) is 2.88. The van der Waals surface area contributed by atoms with Gasteiger partial charge in [-0.3, -0.25) is 0 Å². The molecule has 2 amide bonds. The van der Waals surface area contributed by atoms with E-state index in [-0.39, 0.29) is 12.2 Å². The Bertz CT molecular complexity index is 1010. The fraction of sp³-hybridized carbons (Fsp3) is 0.100. The summed E-state index contributed by atoms with van der Waals surface area (Å²) < 4.78 is 38.7. The Kier molecular flexibility index (Phi) is 6.30. The van der Waals surface area contributed by atoms with Crippen molar-refractivity contribution < 1.29 is 18.0 Å². The zero-order valence-corrected chi connectivity index (χ0v) is 16.2. The van der Waals surface area contributed by atoms with Gasteiger partial charge < -0.3 is 10.6 Å². The summed E-state index contributed by atoms with van der Waals surface area (Å²) in [5.41, 5.74) is 1.63. The van der Waals surface area contributed by atoms with Gasteiger partial charge in [-0.2, -0.15) is 13.2 Å². The molecule has 2 N–H and O–H groups in total. The molecule has 0 radical (unpaired) electrons. The second kappa shape index (κ2) is 8.71. The van der Waals surface area contributed by atoms with Crippen LogP contribution in [0.2, 0.25) is 10.2 Å². The number of aromatic nitrogens is 1. The van der Waals surface area contributed by atoms with Gasteiger partial charge in [-0.05, 0) is 41.5 Å². The molecular formula is C20H14Cl2F3N3O.